The maximum Gasteiger partial charge on any atom is 0.334 e. The van der Waals surface area contributed by atoms with Crippen molar-refractivity contribution in [1.82, 2.24) is 5.32 Å². The van der Waals surface area contributed by atoms with E-state index in [9.17, 15) is 14.2 Å². The summed E-state index contributed by atoms with van der Waals surface area (Å²) in [5.41, 5.74) is 1.74. The van der Waals surface area contributed by atoms with Gasteiger partial charge in [-0.2, -0.15) is 0 Å². The first kappa shape index (κ1) is 24.9. The Morgan fingerprint density at radius 3 is 2.13 bits per heavy atom. The van der Waals surface area contributed by atoms with Gasteiger partial charge in [0.1, 0.15) is 11.8 Å². The Morgan fingerprint density at radius 1 is 1.00 bits per heavy atom. The highest BCUT2D eigenvalue weighted by molar-refractivity contribution is 7.52. The molecule has 0 unspecified atom stereocenters. The predicted octanol–water partition coefficient (Wildman–Crippen LogP) is 3.85. The number of nitrogens with one attached hydrogen (secondary N) is 1. The molecule has 0 aliphatic heterocycles. The average Bonchev–Trinajstić information content (AvgIpc) is 2.78. The summed E-state index contributed by atoms with van der Waals surface area (Å²) < 4.78 is 32.0. The molecule has 168 valence electrons. The predicted molar refractivity (Wildman–Crippen MR) is 117 cm³/mol. The molecule has 0 heterocycles. The highest BCUT2D eigenvalue weighted by Crippen LogP contribution is 2.49. The van der Waals surface area contributed by atoms with Crippen LogP contribution in [-0.4, -0.2) is 46.4 Å². The third-order valence-corrected chi connectivity index (χ3v) is 6.76. The minimum absolute atomic E-state index is 0.0743. The largest absolute Gasteiger partial charge is 0.495 e. The van der Waals surface area contributed by atoms with E-state index in [2.05, 4.69) is 5.32 Å². The number of hydrogen-bond donors (Lipinski definition) is 1. The van der Waals surface area contributed by atoms with E-state index in [1.54, 1.807) is 42.5 Å². The van der Waals surface area contributed by atoms with Crippen LogP contribution in [0.5, 0.6) is 5.75 Å². The fourth-order valence-corrected chi connectivity index (χ4v) is 4.18. The van der Waals surface area contributed by atoms with Crippen molar-refractivity contribution in [2.24, 2.45) is 0 Å². The fraction of sp³-hybridized carbons (Fsp3) is 0.333. The van der Waals surface area contributed by atoms with Gasteiger partial charge in [0.25, 0.3) is 5.91 Å². The number of hydrogen-bond acceptors (Lipinski definition) is 7. The molecule has 0 aliphatic carbocycles. The number of methoxy groups -OCH3 is 2. The Hall–Kier alpha value is -2.38. The van der Waals surface area contributed by atoms with Crippen molar-refractivity contribution in [3.05, 3.63) is 64.2 Å². The normalized spacial score (nSPS) is 12.2. The first-order valence-electron chi connectivity index (χ1n) is 9.25. The monoisotopic (exact) mass is 469 g/mol. The number of esters is 1. The number of carbonyl (C=O) groups excluding carboxylic acids is 2. The van der Waals surface area contributed by atoms with Crippen LogP contribution >= 0.6 is 19.2 Å². The Bertz CT molecular complexity index is 957. The first-order valence-corrected chi connectivity index (χ1v) is 11.4. The van der Waals surface area contributed by atoms with E-state index < -0.39 is 25.5 Å². The molecule has 0 saturated heterocycles. The molecule has 0 radical (unpaired) electrons. The van der Waals surface area contributed by atoms with Crippen LogP contribution in [0.15, 0.2) is 42.5 Å². The van der Waals surface area contributed by atoms with Gasteiger partial charge in [0, 0.05) is 26.2 Å². The highest BCUT2D eigenvalue weighted by atomic mass is 35.5. The van der Waals surface area contributed by atoms with Crippen molar-refractivity contribution in [2.45, 2.75) is 18.6 Å². The van der Waals surface area contributed by atoms with E-state index in [-0.39, 0.29) is 12.6 Å². The van der Waals surface area contributed by atoms with Gasteiger partial charge in [-0.15, -0.1) is 0 Å². The summed E-state index contributed by atoms with van der Waals surface area (Å²) in [6.45, 7) is 0. The first-order chi connectivity index (χ1) is 14.7. The molecule has 31 heavy (non-hydrogen) atoms. The summed E-state index contributed by atoms with van der Waals surface area (Å²) in [6.07, 6.45) is 0.260. The zero-order chi connectivity index (χ0) is 23.0. The van der Waals surface area contributed by atoms with Gasteiger partial charge in [-0.05, 0) is 35.4 Å². The lowest BCUT2D eigenvalue weighted by atomic mass is 10.0. The van der Waals surface area contributed by atoms with Crippen molar-refractivity contribution in [3.63, 3.8) is 0 Å². The van der Waals surface area contributed by atoms with Gasteiger partial charge in [-0.3, -0.25) is 9.36 Å². The average molecular weight is 470 g/mol. The molecule has 1 atom stereocenters. The van der Waals surface area contributed by atoms with E-state index in [1.807, 2.05) is 0 Å². The van der Waals surface area contributed by atoms with Crippen LogP contribution in [0.3, 0.4) is 0 Å². The smallest absolute Gasteiger partial charge is 0.334 e. The number of carbonyl (C=O) groups is 2. The minimum Gasteiger partial charge on any atom is -0.495 e. The molecule has 0 bridgehead atoms. The van der Waals surface area contributed by atoms with Crippen LogP contribution < -0.4 is 10.1 Å². The van der Waals surface area contributed by atoms with Gasteiger partial charge in [-0.25, -0.2) is 4.79 Å². The van der Waals surface area contributed by atoms with E-state index in [1.165, 1.54) is 28.4 Å². The second-order valence-electron chi connectivity index (χ2n) is 6.55. The molecule has 0 saturated carbocycles. The van der Waals surface area contributed by atoms with Crippen LogP contribution in [0.1, 0.15) is 21.5 Å². The standard InChI is InChI=1S/C21H25ClNO7P/c1-27-19-10-7-15(11-17(19)22)12-18(21(25)28-2)23-20(24)16-8-5-14(6-9-16)13-31(26,29-3)30-4/h5-11,18H,12-13H2,1-4H3,(H,23,24)/t18-/m1/s1. The Kier molecular flexibility index (Phi) is 9.07. The maximum atomic E-state index is 12.7. The van der Waals surface area contributed by atoms with Crippen LogP contribution in [-0.2, 0) is 35.7 Å². The molecule has 10 heteroatoms. The van der Waals surface area contributed by atoms with Gasteiger partial charge in [-0.1, -0.05) is 29.8 Å². The van der Waals surface area contributed by atoms with Crippen molar-refractivity contribution < 1.29 is 32.7 Å². The lowest BCUT2D eigenvalue weighted by Gasteiger charge is -2.17. The Morgan fingerprint density at radius 2 is 1.61 bits per heavy atom. The van der Waals surface area contributed by atoms with E-state index in [0.717, 1.165) is 5.56 Å². The maximum absolute atomic E-state index is 12.7. The molecule has 2 aromatic rings. The molecule has 0 fully saturated rings. The molecular formula is C21H25ClNO7P. The summed E-state index contributed by atoms with van der Waals surface area (Å²) in [6, 6.07) is 10.6. The molecule has 0 spiro atoms. The highest BCUT2D eigenvalue weighted by Gasteiger charge is 2.24. The van der Waals surface area contributed by atoms with Crippen molar-refractivity contribution in [3.8, 4) is 5.75 Å². The second kappa shape index (κ2) is 11.3. The van der Waals surface area contributed by atoms with E-state index >= 15 is 0 Å². The number of rotatable bonds is 10. The second-order valence-corrected chi connectivity index (χ2v) is 9.23. The van der Waals surface area contributed by atoms with Gasteiger partial charge < -0.3 is 23.8 Å². The van der Waals surface area contributed by atoms with Crippen molar-refractivity contribution in [2.75, 3.05) is 28.4 Å². The number of benzene rings is 2. The Labute approximate surface area is 186 Å². The van der Waals surface area contributed by atoms with Gasteiger partial charge >= 0.3 is 13.6 Å². The summed E-state index contributed by atoms with van der Waals surface area (Å²) in [5, 5.41) is 3.08. The lowest BCUT2D eigenvalue weighted by molar-refractivity contribution is -0.142. The summed E-state index contributed by atoms with van der Waals surface area (Å²) in [7, 11) is 2.17. The summed E-state index contributed by atoms with van der Waals surface area (Å²) in [5.74, 6) is -0.531. The number of ether oxygens (including phenoxy) is 2. The zero-order valence-corrected chi connectivity index (χ0v) is 19.4. The van der Waals surface area contributed by atoms with Gasteiger partial charge in [0.15, 0.2) is 0 Å². The minimum atomic E-state index is -3.21. The van der Waals surface area contributed by atoms with E-state index in [4.69, 9.17) is 30.1 Å². The molecule has 1 amide bonds. The van der Waals surface area contributed by atoms with Crippen LogP contribution in [0.2, 0.25) is 5.02 Å². The Balaban J connectivity index is 2.12. The van der Waals surface area contributed by atoms with Gasteiger partial charge in [0.2, 0.25) is 0 Å². The van der Waals surface area contributed by atoms with E-state index in [0.29, 0.717) is 21.9 Å². The zero-order valence-electron chi connectivity index (χ0n) is 17.7. The summed E-state index contributed by atoms with van der Waals surface area (Å²) >= 11 is 6.14. The van der Waals surface area contributed by atoms with Gasteiger partial charge in [0.05, 0.1) is 25.4 Å². The lowest BCUT2D eigenvalue weighted by Crippen LogP contribution is -2.43. The third kappa shape index (κ3) is 6.80. The molecular weight excluding hydrogens is 445 g/mol. The SMILES string of the molecule is COC(=O)[C@@H](Cc1ccc(OC)c(Cl)c1)NC(=O)c1ccc(CP(=O)(OC)OC)cc1. The quantitative estimate of drug-likeness (QED) is 0.416. The van der Waals surface area contributed by atoms with Crippen LogP contribution in [0, 0.1) is 0 Å². The third-order valence-electron chi connectivity index (χ3n) is 4.60. The number of amides is 1. The van der Waals surface area contributed by atoms with Crippen LogP contribution in [0.4, 0.5) is 0 Å². The topological polar surface area (TPSA) is 100 Å². The molecule has 1 N–H and O–H groups in total. The molecule has 0 aromatic heterocycles. The fourth-order valence-electron chi connectivity index (χ4n) is 2.84. The molecule has 2 rings (SSSR count). The molecule has 0 aliphatic rings. The molecule has 8 nitrogen and oxygen atoms in total. The molecule has 2 aromatic carbocycles. The van der Waals surface area contributed by atoms with Crippen LogP contribution in [0.25, 0.3) is 0 Å². The van der Waals surface area contributed by atoms with Crippen molar-refractivity contribution in [1.29, 1.82) is 0 Å². The number of halogens is 1. The van der Waals surface area contributed by atoms with Crippen molar-refractivity contribution >= 4 is 31.1 Å². The summed E-state index contributed by atoms with van der Waals surface area (Å²) in [4.78, 5) is 24.9.